The van der Waals surface area contributed by atoms with Gasteiger partial charge in [-0.3, -0.25) is 0 Å². The Morgan fingerprint density at radius 1 is 1.47 bits per heavy atom. The topological polar surface area (TPSA) is 21.3 Å². The average molecular weight is 282 g/mol. The zero-order chi connectivity index (χ0) is 14.0. The Morgan fingerprint density at radius 2 is 2.16 bits per heavy atom. The summed E-state index contributed by atoms with van der Waals surface area (Å²) < 4.78 is 5.45. The maximum atomic E-state index is 6.11. The summed E-state index contributed by atoms with van der Waals surface area (Å²) >= 11 is 6.11. The summed E-state index contributed by atoms with van der Waals surface area (Å²) in [7, 11) is 1.72. The van der Waals surface area contributed by atoms with E-state index in [4.69, 9.17) is 16.3 Å². The predicted octanol–water partition coefficient (Wildman–Crippen LogP) is 3.92. The minimum Gasteiger partial charge on any atom is -0.496 e. The van der Waals surface area contributed by atoms with Crippen molar-refractivity contribution < 1.29 is 4.74 Å². The highest BCUT2D eigenvalue weighted by Crippen LogP contribution is 2.54. The van der Waals surface area contributed by atoms with Crippen LogP contribution in [0.1, 0.15) is 32.8 Å². The zero-order valence-electron chi connectivity index (χ0n) is 12.3. The van der Waals surface area contributed by atoms with Crippen LogP contribution in [0.15, 0.2) is 18.2 Å². The smallest absolute Gasteiger partial charge is 0.122 e. The number of ether oxygens (including phenoxy) is 1. The number of rotatable bonds is 6. The summed E-state index contributed by atoms with van der Waals surface area (Å²) in [5.41, 5.74) is 1.67. The van der Waals surface area contributed by atoms with Gasteiger partial charge in [0.15, 0.2) is 0 Å². The van der Waals surface area contributed by atoms with E-state index in [1.165, 1.54) is 12.0 Å². The molecule has 2 nitrogen and oxygen atoms in total. The van der Waals surface area contributed by atoms with Crippen molar-refractivity contribution in [2.75, 3.05) is 13.7 Å². The van der Waals surface area contributed by atoms with Crippen molar-refractivity contribution in [1.29, 1.82) is 0 Å². The van der Waals surface area contributed by atoms with Crippen molar-refractivity contribution in [2.45, 2.75) is 39.7 Å². The zero-order valence-corrected chi connectivity index (χ0v) is 13.1. The van der Waals surface area contributed by atoms with Gasteiger partial charge in [0.05, 0.1) is 7.11 Å². The van der Waals surface area contributed by atoms with Crippen LogP contribution in [0.3, 0.4) is 0 Å². The Kier molecular flexibility index (Phi) is 4.42. The van der Waals surface area contributed by atoms with Crippen molar-refractivity contribution in [1.82, 2.24) is 5.32 Å². The normalized spacial score (nSPS) is 22.1. The third kappa shape index (κ3) is 3.43. The number of hydrogen-bond donors (Lipinski definition) is 1. The molecule has 1 aromatic rings. The van der Waals surface area contributed by atoms with Gasteiger partial charge in [-0.25, -0.2) is 0 Å². The van der Waals surface area contributed by atoms with Gasteiger partial charge in [-0.15, -0.1) is 0 Å². The second-order valence-electron chi connectivity index (χ2n) is 6.12. The molecule has 0 bridgehead atoms. The molecular weight excluding hydrogens is 258 g/mol. The Morgan fingerprint density at radius 3 is 2.68 bits per heavy atom. The minimum atomic E-state index is 0.471. The highest BCUT2D eigenvalue weighted by Gasteiger charge is 2.49. The van der Waals surface area contributed by atoms with E-state index >= 15 is 0 Å². The predicted molar refractivity (Wildman–Crippen MR) is 81.1 cm³/mol. The molecule has 1 N–H and O–H groups in total. The molecular formula is C16H24ClNO. The van der Waals surface area contributed by atoms with Crippen LogP contribution in [-0.4, -0.2) is 19.7 Å². The molecule has 19 heavy (non-hydrogen) atoms. The molecule has 0 aromatic heterocycles. The SMILES string of the molecule is CCNC(Cc1cc(Cl)ccc1OC)C1CC1(C)C. The van der Waals surface area contributed by atoms with Crippen LogP contribution in [0.25, 0.3) is 0 Å². The molecule has 0 saturated heterocycles. The molecule has 0 spiro atoms. The maximum Gasteiger partial charge on any atom is 0.122 e. The molecule has 1 aliphatic rings. The molecule has 1 saturated carbocycles. The third-order valence-corrected chi connectivity index (χ3v) is 4.46. The summed E-state index contributed by atoms with van der Waals surface area (Å²) in [6.07, 6.45) is 2.28. The van der Waals surface area contributed by atoms with E-state index in [9.17, 15) is 0 Å². The van der Waals surface area contributed by atoms with E-state index in [-0.39, 0.29) is 0 Å². The molecule has 0 amide bonds. The number of likely N-dealkylation sites (N-methyl/N-ethyl adjacent to an activating group) is 1. The van der Waals surface area contributed by atoms with E-state index in [2.05, 4.69) is 26.1 Å². The van der Waals surface area contributed by atoms with Crippen molar-refractivity contribution in [3.05, 3.63) is 28.8 Å². The molecule has 2 rings (SSSR count). The number of benzene rings is 1. The molecule has 1 aliphatic carbocycles. The maximum absolute atomic E-state index is 6.11. The van der Waals surface area contributed by atoms with Gasteiger partial charge in [0.1, 0.15) is 5.75 Å². The molecule has 1 aromatic carbocycles. The second-order valence-corrected chi connectivity index (χ2v) is 6.56. The summed E-state index contributed by atoms with van der Waals surface area (Å²) in [4.78, 5) is 0. The fourth-order valence-electron chi connectivity index (χ4n) is 2.96. The van der Waals surface area contributed by atoms with Crippen LogP contribution < -0.4 is 10.1 Å². The van der Waals surface area contributed by atoms with Crippen LogP contribution >= 0.6 is 11.6 Å². The molecule has 106 valence electrons. The lowest BCUT2D eigenvalue weighted by atomic mass is 9.96. The minimum absolute atomic E-state index is 0.471. The average Bonchev–Trinajstić information content (AvgIpc) is 2.98. The lowest BCUT2D eigenvalue weighted by Gasteiger charge is -2.21. The van der Waals surface area contributed by atoms with Crippen LogP contribution in [0.4, 0.5) is 0 Å². The highest BCUT2D eigenvalue weighted by molar-refractivity contribution is 6.30. The Labute approximate surface area is 121 Å². The van der Waals surface area contributed by atoms with E-state index in [1.54, 1.807) is 7.11 Å². The number of nitrogens with one attached hydrogen (secondary N) is 1. The van der Waals surface area contributed by atoms with Gasteiger partial charge >= 0.3 is 0 Å². The first kappa shape index (κ1) is 14.7. The first-order valence-corrected chi connectivity index (χ1v) is 7.41. The largest absolute Gasteiger partial charge is 0.496 e. The Hall–Kier alpha value is -0.730. The standard InChI is InChI=1S/C16H24ClNO/c1-5-18-14(13-10-16(13,2)3)9-11-8-12(17)6-7-15(11)19-4/h6-8,13-14,18H,5,9-10H2,1-4H3. The monoisotopic (exact) mass is 281 g/mol. The van der Waals surface area contributed by atoms with Crippen LogP contribution in [-0.2, 0) is 6.42 Å². The van der Waals surface area contributed by atoms with Gasteiger partial charge in [0, 0.05) is 11.1 Å². The van der Waals surface area contributed by atoms with E-state index in [0.29, 0.717) is 11.5 Å². The van der Waals surface area contributed by atoms with Crippen molar-refractivity contribution in [2.24, 2.45) is 11.3 Å². The molecule has 0 heterocycles. The number of halogens is 1. The first-order valence-electron chi connectivity index (χ1n) is 7.03. The van der Waals surface area contributed by atoms with Crippen molar-refractivity contribution in [3.8, 4) is 5.75 Å². The molecule has 2 unspecified atom stereocenters. The van der Waals surface area contributed by atoms with Gasteiger partial charge in [-0.2, -0.15) is 0 Å². The highest BCUT2D eigenvalue weighted by atomic mass is 35.5. The molecule has 1 fully saturated rings. The second kappa shape index (κ2) is 5.72. The summed E-state index contributed by atoms with van der Waals surface area (Å²) in [5.74, 6) is 1.68. The lowest BCUT2D eigenvalue weighted by Crippen LogP contribution is -2.34. The Bertz CT molecular complexity index is 444. The van der Waals surface area contributed by atoms with Gasteiger partial charge in [0.25, 0.3) is 0 Å². The summed E-state index contributed by atoms with van der Waals surface area (Å²) in [6.45, 7) is 7.85. The van der Waals surface area contributed by atoms with E-state index < -0.39 is 0 Å². The molecule has 2 atom stereocenters. The molecule has 0 radical (unpaired) electrons. The summed E-state index contributed by atoms with van der Waals surface area (Å²) in [6, 6.07) is 6.37. The van der Waals surface area contributed by atoms with Gasteiger partial charge < -0.3 is 10.1 Å². The van der Waals surface area contributed by atoms with E-state index in [1.807, 2.05) is 18.2 Å². The molecule has 0 aliphatic heterocycles. The fraction of sp³-hybridized carbons (Fsp3) is 0.625. The van der Waals surface area contributed by atoms with E-state index in [0.717, 1.165) is 29.7 Å². The van der Waals surface area contributed by atoms with Gasteiger partial charge in [-0.1, -0.05) is 32.4 Å². The fourth-order valence-corrected chi connectivity index (χ4v) is 3.15. The summed E-state index contributed by atoms with van der Waals surface area (Å²) in [5, 5.41) is 4.40. The van der Waals surface area contributed by atoms with Crippen molar-refractivity contribution in [3.63, 3.8) is 0 Å². The lowest BCUT2D eigenvalue weighted by molar-refractivity contribution is 0.386. The number of hydrogen-bond acceptors (Lipinski definition) is 2. The van der Waals surface area contributed by atoms with Crippen LogP contribution in [0.5, 0.6) is 5.75 Å². The molecule has 3 heteroatoms. The van der Waals surface area contributed by atoms with Crippen LogP contribution in [0.2, 0.25) is 5.02 Å². The Balaban J connectivity index is 2.15. The first-order chi connectivity index (χ1) is 8.97. The quantitative estimate of drug-likeness (QED) is 0.853. The third-order valence-electron chi connectivity index (χ3n) is 4.22. The number of methoxy groups -OCH3 is 1. The van der Waals surface area contributed by atoms with Gasteiger partial charge in [0.2, 0.25) is 0 Å². The van der Waals surface area contributed by atoms with Crippen molar-refractivity contribution >= 4 is 11.6 Å². The van der Waals surface area contributed by atoms with Crippen LogP contribution in [0, 0.1) is 11.3 Å². The van der Waals surface area contributed by atoms with Gasteiger partial charge in [-0.05, 0) is 54.5 Å².